The fraction of sp³-hybridized carbons (Fsp3) is 0.345. The van der Waals surface area contributed by atoms with Crippen LogP contribution in [-0.2, 0) is 9.59 Å². The molecule has 6 heteroatoms. The Labute approximate surface area is 210 Å². The molecule has 2 unspecified atom stereocenters. The molecule has 35 heavy (non-hydrogen) atoms. The van der Waals surface area contributed by atoms with E-state index in [1.807, 2.05) is 61.7 Å². The van der Waals surface area contributed by atoms with Crippen molar-refractivity contribution in [1.82, 2.24) is 14.8 Å². The van der Waals surface area contributed by atoms with Crippen molar-refractivity contribution in [3.8, 4) is 0 Å². The van der Waals surface area contributed by atoms with E-state index in [1.54, 1.807) is 0 Å². The molecular weight excluding hydrogens is 458 g/mol. The van der Waals surface area contributed by atoms with Gasteiger partial charge in [-0.05, 0) is 55.6 Å². The second kappa shape index (κ2) is 8.28. The van der Waals surface area contributed by atoms with Crippen molar-refractivity contribution in [1.29, 1.82) is 0 Å². The number of allylic oxidation sites excluding steroid dienone is 3. The first-order valence-corrected chi connectivity index (χ1v) is 12.6. The van der Waals surface area contributed by atoms with Gasteiger partial charge in [0.25, 0.3) is 0 Å². The van der Waals surface area contributed by atoms with Gasteiger partial charge in [-0.2, -0.15) is 0 Å². The molecule has 2 amide bonds. The number of fused-ring (bicyclic) bond motifs is 1. The van der Waals surface area contributed by atoms with Gasteiger partial charge in [0.1, 0.15) is 5.15 Å². The summed E-state index contributed by atoms with van der Waals surface area (Å²) in [6.07, 6.45) is 11.4. The molecule has 178 valence electrons. The van der Waals surface area contributed by atoms with Crippen LogP contribution in [0.15, 0.2) is 72.5 Å². The minimum atomic E-state index is -0.376. The van der Waals surface area contributed by atoms with Crippen molar-refractivity contribution < 1.29 is 9.59 Å². The number of rotatable bonds is 4. The van der Waals surface area contributed by atoms with Crippen molar-refractivity contribution in [3.63, 3.8) is 0 Å². The summed E-state index contributed by atoms with van der Waals surface area (Å²) in [7, 11) is 2.17. The lowest BCUT2D eigenvalue weighted by atomic mass is 9.59. The molecule has 1 saturated carbocycles. The standard InChI is InChI=1S/C29H28ClN3O2/c1-18(33-27(34)23-5-3-4-6-24(23)28(33)35)19-7-9-20(10-8-19)26(21-11-12-25(30)31-15-21)22-13-29(14-22)16-32(2)17-29/h3-12,15,18,23-24H,13-14,16-17H2,1-2H3/t18-,23?,24?/m1/s1. The predicted octanol–water partition coefficient (Wildman–Crippen LogP) is 5.05. The number of aromatic nitrogens is 1. The number of amides is 2. The summed E-state index contributed by atoms with van der Waals surface area (Å²) in [4.78, 5) is 34.1. The van der Waals surface area contributed by atoms with Crippen LogP contribution >= 0.6 is 11.6 Å². The maximum Gasteiger partial charge on any atom is 0.237 e. The fourth-order valence-electron chi connectivity index (χ4n) is 6.42. The van der Waals surface area contributed by atoms with Gasteiger partial charge in [0, 0.05) is 30.3 Å². The third-order valence-electron chi connectivity index (χ3n) is 8.01. The Hall–Kier alpha value is -3.02. The van der Waals surface area contributed by atoms with Gasteiger partial charge in [-0.25, -0.2) is 4.98 Å². The van der Waals surface area contributed by atoms with Gasteiger partial charge in [0.05, 0.1) is 17.9 Å². The lowest BCUT2D eigenvalue weighted by Gasteiger charge is -2.56. The first-order valence-electron chi connectivity index (χ1n) is 12.2. The van der Waals surface area contributed by atoms with Crippen LogP contribution in [0.25, 0.3) is 5.57 Å². The quantitative estimate of drug-likeness (QED) is 0.449. The number of carbonyl (C=O) groups excluding carboxylic acids is 2. The van der Waals surface area contributed by atoms with Gasteiger partial charge < -0.3 is 4.90 Å². The van der Waals surface area contributed by atoms with E-state index in [2.05, 4.69) is 29.1 Å². The van der Waals surface area contributed by atoms with E-state index in [-0.39, 0.29) is 29.7 Å². The van der Waals surface area contributed by atoms with Gasteiger partial charge in [-0.3, -0.25) is 14.5 Å². The van der Waals surface area contributed by atoms with E-state index < -0.39 is 0 Å². The third-order valence-corrected chi connectivity index (χ3v) is 8.23. The average molecular weight is 486 g/mol. The average Bonchev–Trinajstić information content (AvgIpc) is 3.08. The van der Waals surface area contributed by atoms with E-state index in [4.69, 9.17) is 11.6 Å². The largest absolute Gasteiger partial charge is 0.305 e. The molecule has 1 spiro atoms. The van der Waals surface area contributed by atoms with Crippen LogP contribution in [0.4, 0.5) is 0 Å². The molecule has 2 aromatic rings. The molecular formula is C29H28ClN3O2. The number of halogens is 1. The number of likely N-dealkylation sites (tertiary alicyclic amines) is 2. The van der Waals surface area contributed by atoms with Crippen LogP contribution in [0.2, 0.25) is 5.15 Å². The van der Waals surface area contributed by atoms with Crippen LogP contribution in [0, 0.1) is 17.3 Å². The highest BCUT2D eigenvalue weighted by Gasteiger charge is 2.49. The number of nitrogens with zero attached hydrogens (tertiary/aromatic N) is 3. The first kappa shape index (κ1) is 22.4. The Bertz CT molecular complexity index is 1250. The van der Waals surface area contributed by atoms with Crippen LogP contribution in [0.5, 0.6) is 0 Å². The molecule has 3 heterocycles. The number of hydrogen-bond donors (Lipinski definition) is 0. The lowest BCUT2D eigenvalue weighted by molar-refractivity contribution is -0.141. The zero-order valence-electron chi connectivity index (χ0n) is 19.9. The molecule has 1 aromatic heterocycles. The summed E-state index contributed by atoms with van der Waals surface area (Å²) < 4.78 is 0. The molecule has 4 aliphatic rings. The monoisotopic (exact) mass is 485 g/mol. The second-order valence-electron chi connectivity index (χ2n) is 10.5. The van der Waals surface area contributed by atoms with Crippen LogP contribution in [-0.4, -0.2) is 46.7 Å². The lowest BCUT2D eigenvalue weighted by Crippen LogP contribution is -2.58. The molecule has 2 aliphatic heterocycles. The smallest absolute Gasteiger partial charge is 0.237 e. The molecule has 1 aromatic carbocycles. The number of hydrogen-bond acceptors (Lipinski definition) is 4. The van der Waals surface area contributed by atoms with Gasteiger partial charge in [0.15, 0.2) is 0 Å². The molecule has 3 atom stereocenters. The van der Waals surface area contributed by atoms with Crippen molar-refractivity contribution in [2.45, 2.75) is 25.8 Å². The fourth-order valence-corrected chi connectivity index (χ4v) is 6.53. The maximum atomic E-state index is 13.0. The van der Waals surface area contributed by atoms with E-state index in [0.717, 1.165) is 42.6 Å². The van der Waals surface area contributed by atoms with Crippen LogP contribution in [0.1, 0.15) is 42.5 Å². The summed E-state index contributed by atoms with van der Waals surface area (Å²) in [5.41, 5.74) is 6.26. The first-order chi connectivity index (χ1) is 16.8. The summed E-state index contributed by atoms with van der Waals surface area (Å²) in [5, 5.41) is 0.484. The zero-order valence-corrected chi connectivity index (χ0v) is 20.7. The number of imide groups is 1. The zero-order chi connectivity index (χ0) is 24.3. The second-order valence-corrected chi connectivity index (χ2v) is 10.9. The van der Waals surface area contributed by atoms with Crippen molar-refractivity contribution >= 4 is 29.0 Å². The van der Waals surface area contributed by atoms with Crippen LogP contribution in [0.3, 0.4) is 0 Å². The number of benzene rings is 1. The molecule has 3 fully saturated rings. The van der Waals surface area contributed by atoms with Gasteiger partial charge in [-0.1, -0.05) is 65.7 Å². The molecule has 0 bridgehead atoms. The Balaban J connectivity index is 1.29. The van der Waals surface area contributed by atoms with E-state index in [9.17, 15) is 9.59 Å². The molecule has 2 saturated heterocycles. The maximum absolute atomic E-state index is 13.0. The summed E-state index contributed by atoms with van der Waals surface area (Å²) in [6.45, 7) is 4.24. The van der Waals surface area contributed by atoms with E-state index >= 15 is 0 Å². The Morgan fingerprint density at radius 2 is 1.57 bits per heavy atom. The minimum absolute atomic E-state index is 0.113. The molecule has 6 rings (SSSR count). The van der Waals surface area contributed by atoms with Gasteiger partial charge in [-0.15, -0.1) is 0 Å². The topological polar surface area (TPSA) is 53.5 Å². The summed E-state index contributed by atoms with van der Waals surface area (Å²) in [5.74, 6) is -0.978. The van der Waals surface area contributed by atoms with Crippen molar-refractivity contribution in [2.24, 2.45) is 17.3 Å². The highest BCUT2D eigenvalue weighted by Crippen LogP contribution is 2.54. The normalized spacial score (nSPS) is 25.5. The Morgan fingerprint density at radius 1 is 0.971 bits per heavy atom. The SMILES string of the molecule is C[C@H](c1ccc(C(=C2CC3(C2)CN(C)C3)c2ccc(Cl)nc2)cc1)N1C(=O)C2C=CC=CC2C1=O. The Kier molecular flexibility index (Phi) is 5.31. The van der Waals surface area contributed by atoms with E-state index in [0.29, 0.717) is 10.6 Å². The molecule has 0 N–H and O–H groups in total. The summed E-state index contributed by atoms with van der Waals surface area (Å²) in [6, 6.07) is 11.9. The summed E-state index contributed by atoms with van der Waals surface area (Å²) >= 11 is 6.07. The molecule has 5 nitrogen and oxygen atoms in total. The van der Waals surface area contributed by atoms with Crippen LogP contribution < -0.4 is 0 Å². The van der Waals surface area contributed by atoms with Gasteiger partial charge in [0.2, 0.25) is 11.8 Å². The third kappa shape index (κ3) is 3.69. The van der Waals surface area contributed by atoms with Crippen molar-refractivity contribution in [2.75, 3.05) is 20.1 Å². The highest BCUT2D eigenvalue weighted by molar-refractivity contribution is 6.29. The minimum Gasteiger partial charge on any atom is -0.305 e. The van der Waals surface area contributed by atoms with Gasteiger partial charge >= 0.3 is 0 Å². The number of carbonyl (C=O) groups is 2. The van der Waals surface area contributed by atoms with Crippen molar-refractivity contribution in [3.05, 3.63) is 94.3 Å². The predicted molar refractivity (Wildman–Crippen MR) is 136 cm³/mol. The van der Waals surface area contributed by atoms with E-state index in [1.165, 1.54) is 16.0 Å². The number of pyridine rings is 1. The highest BCUT2D eigenvalue weighted by atomic mass is 35.5. The Morgan fingerprint density at radius 3 is 2.11 bits per heavy atom. The molecule has 2 aliphatic carbocycles. The molecule has 0 radical (unpaired) electrons.